The fraction of sp³-hybridized carbons (Fsp3) is 0.294. The molecule has 0 spiro atoms. The molecule has 224 valence electrons. The summed E-state index contributed by atoms with van der Waals surface area (Å²) in [5.74, 6) is 0.862. The highest BCUT2D eigenvalue weighted by molar-refractivity contribution is 6.03. The number of nitrogens with zero attached hydrogens (tertiary/aromatic N) is 5. The molecule has 0 radical (unpaired) electrons. The van der Waals surface area contributed by atoms with Crippen molar-refractivity contribution < 1.29 is 24.2 Å². The van der Waals surface area contributed by atoms with Gasteiger partial charge in [0, 0.05) is 55.1 Å². The Morgan fingerprint density at radius 2 is 1.91 bits per heavy atom. The van der Waals surface area contributed by atoms with Crippen molar-refractivity contribution in [1.29, 1.82) is 0 Å². The van der Waals surface area contributed by atoms with Crippen molar-refractivity contribution in [2.24, 2.45) is 12.0 Å². The van der Waals surface area contributed by atoms with Gasteiger partial charge in [-0.15, -0.1) is 0 Å². The van der Waals surface area contributed by atoms with E-state index in [9.17, 15) is 14.7 Å². The maximum atomic E-state index is 13.2. The number of aliphatic imine (C=N–C) groups is 1. The summed E-state index contributed by atoms with van der Waals surface area (Å²) in [7, 11) is 3.59. The highest BCUT2D eigenvalue weighted by Crippen LogP contribution is 2.38. The number of aromatic carboxylic acids is 1. The Morgan fingerprint density at radius 1 is 1.05 bits per heavy atom. The predicted molar refractivity (Wildman–Crippen MR) is 169 cm³/mol. The standard InChI is InChI=1S/C34H33N5O5/c1-37-20-25(23-9-3-4-10-28(23)37)32-36-26-12-11-21(34(41)42)16-29(26)39(32)13-5-6-15-44-31-18-27-24(17-30(31)43-2)33(40)38-14-7-8-22(38)19-35-27/h3-4,9-12,16-20,22H,5-8,13-15H2,1-2H3,(H,41,42)/t22-/m0/s1. The lowest BCUT2D eigenvalue weighted by molar-refractivity contribution is 0.0696. The van der Waals surface area contributed by atoms with Crippen molar-refractivity contribution >= 4 is 45.7 Å². The Balaban J connectivity index is 1.12. The number of methoxy groups -OCH3 is 1. The van der Waals surface area contributed by atoms with Gasteiger partial charge in [0.25, 0.3) is 5.91 Å². The third kappa shape index (κ3) is 4.76. The summed E-state index contributed by atoms with van der Waals surface area (Å²) in [4.78, 5) is 36.4. The third-order valence-electron chi connectivity index (χ3n) is 8.62. The minimum atomic E-state index is -0.971. The first-order valence-electron chi connectivity index (χ1n) is 14.9. The van der Waals surface area contributed by atoms with Gasteiger partial charge in [0.2, 0.25) is 0 Å². The number of imidazole rings is 1. The monoisotopic (exact) mass is 591 g/mol. The van der Waals surface area contributed by atoms with Gasteiger partial charge in [0.1, 0.15) is 5.82 Å². The SMILES string of the molecule is COc1cc2c(cc1OCCCCn1c(-c3cn(C)c4ccccc34)nc3ccc(C(=O)O)cc31)N=C[C@@H]1CCCN1C2=O. The molecule has 1 fully saturated rings. The quantitative estimate of drug-likeness (QED) is 0.208. The van der Waals surface area contributed by atoms with Crippen LogP contribution in [-0.2, 0) is 13.6 Å². The van der Waals surface area contributed by atoms with Crippen LogP contribution in [0.15, 0.2) is 65.8 Å². The van der Waals surface area contributed by atoms with E-state index in [0.29, 0.717) is 35.9 Å². The van der Waals surface area contributed by atoms with E-state index < -0.39 is 5.97 Å². The van der Waals surface area contributed by atoms with Crippen LogP contribution in [0.1, 0.15) is 46.4 Å². The summed E-state index contributed by atoms with van der Waals surface area (Å²) < 4.78 is 16.0. The molecule has 2 aromatic heterocycles. The minimum absolute atomic E-state index is 0.0227. The molecule has 44 heavy (non-hydrogen) atoms. The van der Waals surface area contributed by atoms with Crippen molar-refractivity contribution in [3.05, 3.63) is 71.9 Å². The average molecular weight is 592 g/mol. The fourth-order valence-corrected chi connectivity index (χ4v) is 6.38. The van der Waals surface area contributed by atoms with Crippen LogP contribution >= 0.6 is 0 Å². The van der Waals surface area contributed by atoms with E-state index in [0.717, 1.165) is 65.6 Å². The zero-order chi connectivity index (χ0) is 30.4. The number of rotatable bonds is 9. The molecule has 2 aliphatic heterocycles. The minimum Gasteiger partial charge on any atom is -0.493 e. The summed E-state index contributed by atoms with van der Waals surface area (Å²) in [6.45, 7) is 1.79. The van der Waals surface area contributed by atoms with Crippen LogP contribution in [0.3, 0.4) is 0 Å². The van der Waals surface area contributed by atoms with E-state index in [-0.39, 0.29) is 17.5 Å². The molecule has 1 saturated heterocycles. The Morgan fingerprint density at radius 3 is 2.75 bits per heavy atom. The molecule has 0 aliphatic carbocycles. The topological polar surface area (TPSA) is 111 Å². The normalized spacial score (nSPS) is 15.9. The molecule has 1 N–H and O–H groups in total. The number of ether oxygens (including phenoxy) is 2. The maximum Gasteiger partial charge on any atom is 0.335 e. The van der Waals surface area contributed by atoms with E-state index in [1.165, 1.54) is 0 Å². The second kappa shape index (κ2) is 11.2. The molecule has 2 aliphatic rings. The van der Waals surface area contributed by atoms with Crippen molar-refractivity contribution in [3.8, 4) is 22.9 Å². The summed E-state index contributed by atoms with van der Waals surface area (Å²) in [6.07, 6.45) is 7.34. The summed E-state index contributed by atoms with van der Waals surface area (Å²) in [5.41, 5.74) is 4.98. The molecule has 10 nitrogen and oxygen atoms in total. The predicted octanol–water partition coefficient (Wildman–Crippen LogP) is 6.08. The number of hydrogen-bond donors (Lipinski definition) is 1. The first kappa shape index (κ1) is 27.7. The maximum absolute atomic E-state index is 13.2. The number of carbonyl (C=O) groups is 2. The van der Waals surface area contributed by atoms with E-state index in [2.05, 4.69) is 32.5 Å². The highest BCUT2D eigenvalue weighted by atomic mass is 16.5. The third-order valence-corrected chi connectivity index (χ3v) is 8.62. The van der Waals surface area contributed by atoms with Gasteiger partial charge in [-0.05, 0) is 56.0 Å². The van der Waals surface area contributed by atoms with Gasteiger partial charge in [-0.25, -0.2) is 9.78 Å². The molecule has 10 heteroatoms. The van der Waals surface area contributed by atoms with Crippen molar-refractivity contribution in [2.75, 3.05) is 20.3 Å². The number of hydrogen-bond acceptors (Lipinski definition) is 6. The van der Waals surface area contributed by atoms with Gasteiger partial charge in [-0.3, -0.25) is 9.79 Å². The zero-order valence-corrected chi connectivity index (χ0v) is 24.7. The number of carboxylic acids is 1. The number of carbonyl (C=O) groups excluding carboxylic acids is 1. The highest BCUT2D eigenvalue weighted by Gasteiger charge is 2.32. The number of amides is 1. The summed E-state index contributed by atoms with van der Waals surface area (Å²) >= 11 is 0. The van der Waals surface area contributed by atoms with Gasteiger partial charge in [0.05, 0.1) is 47.6 Å². The lowest BCUT2D eigenvalue weighted by Crippen LogP contribution is -2.35. The van der Waals surface area contributed by atoms with Crippen LogP contribution in [0, 0.1) is 0 Å². The molecule has 1 atom stereocenters. The largest absolute Gasteiger partial charge is 0.493 e. The number of aromatic nitrogens is 3. The van der Waals surface area contributed by atoms with Crippen LogP contribution < -0.4 is 9.47 Å². The van der Waals surface area contributed by atoms with Crippen molar-refractivity contribution in [3.63, 3.8) is 0 Å². The number of carboxylic acid groups (broad SMARTS) is 1. The van der Waals surface area contributed by atoms with Crippen LogP contribution in [0.25, 0.3) is 33.3 Å². The fourth-order valence-electron chi connectivity index (χ4n) is 6.38. The Labute approximate surface area is 254 Å². The molecular formula is C34H33N5O5. The second-order valence-corrected chi connectivity index (χ2v) is 11.3. The lowest BCUT2D eigenvalue weighted by atomic mass is 10.1. The molecule has 0 bridgehead atoms. The number of fused-ring (bicyclic) bond motifs is 4. The second-order valence-electron chi connectivity index (χ2n) is 11.3. The smallest absolute Gasteiger partial charge is 0.335 e. The molecule has 7 rings (SSSR count). The molecule has 0 unspecified atom stereocenters. The van der Waals surface area contributed by atoms with Gasteiger partial charge >= 0.3 is 5.97 Å². The van der Waals surface area contributed by atoms with Gasteiger partial charge in [0.15, 0.2) is 11.5 Å². The molecule has 3 aromatic carbocycles. The Kier molecular flexibility index (Phi) is 7.04. The van der Waals surface area contributed by atoms with Crippen molar-refractivity contribution in [2.45, 2.75) is 38.3 Å². The van der Waals surface area contributed by atoms with Crippen molar-refractivity contribution in [1.82, 2.24) is 19.0 Å². The molecule has 5 aromatic rings. The van der Waals surface area contributed by atoms with Gasteiger partial charge in [-0.1, -0.05) is 18.2 Å². The van der Waals surface area contributed by atoms with Crippen LogP contribution in [-0.4, -0.2) is 68.5 Å². The average Bonchev–Trinajstić information content (AvgIpc) is 3.72. The summed E-state index contributed by atoms with van der Waals surface area (Å²) in [6, 6.07) is 16.8. The van der Waals surface area contributed by atoms with E-state index >= 15 is 0 Å². The lowest BCUT2D eigenvalue weighted by Gasteiger charge is -2.20. The zero-order valence-electron chi connectivity index (χ0n) is 24.7. The Hall–Kier alpha value is -5.12. The number of aryl methyl sites for hydroxylation is 2. The van der Waals surface area contributed by atoms with Crippen LogP contribution in [0.2, 0.25) is 0 Å². The Bertz CT molecular complexity index is 1950. The van der Waals surface area contributed by atoms with Crippen LogP contribution in [0.5, 0.6) is 11.5 Å². The van der Waals surface area contributed by atoms with E-state index in [4.69, 9.17) is 14.5 Å². The van der Waals surface area contributed by atoms with Crippen LogP contribution in [0.4, 0.5) is 5.69 Å². The molecule has 0 saturated carbocycles. The first-order valence-corrected chi connectivity index (χ1v) is 14.9. The van der Waals surface area contributed by atoms with Gasteiger partial charge in [-0.2, -0.15) is 0 Å². The van der Waals surface area contributed by atoms with E-state index in [1.54, 1.807) is 37.4 Å². The molecule has 1 amide bonds. The first-order chi connectivity index (χ1) is 21.4. The number of benzene rings is 3. The molecular weight excluding hydrogens is 558 g/mol. The summed E-state index contributed by atoms with van der Waals surface area (Å²) in [5, 5.41) is 10.7. The number of para-hydroxylation sites is 1. The number of unbranched alkanes of at least 4 members (excludes halogenated alkanes) is 1. The molecule has 4 heterocycles. The van der Waals surface area contributed by atoms with E-state index in [1.807, 2.05) is 30.3 Å². The van der Waals surface area contributed by atoms with Gasteiger partial charge < -0.3 is 28.6 Å².